The molecule has 0 aliphatic rings. The Labute approximate surface area is 204 Å². The summed E-state index contributed by atoms with van der Waals surface area (Å²) in [7, 11) is 0. The lowest BCUT2D eigenvalue weighted by Gasteiger charge is -2.16. The fraction of sp³-hybridized carbons (Fsp3) is 0.400. The first kappa shape index (κ1) is 25.4. The number of nitrogens with one attached hydrogen (secondary N) is 1. The molecule has 0 saturated heterocycles. The van der Waals surface area contributed by atoms with Crippen molar-refractivity contribution in [2.75, 3.05) is 25.1 Å². The Morgan fingerprint density at radius 3 is 2.15 bits per heavy atom. The van der Waals surface area contributed by atoms with Gasteiger partial charge in [0.25, 0.3) is 0 Å². The molecule has 0 unspecified atom stereocenters. The van der Waals surface area contributed by atoms with Crippen LogP contribution < -0.4 is 19.5 Å². The normalized spacial score (nSPS) is 10.9. The molecule has 0 saturated carbocycles. The van der Waals surface area contributed by atoms with Crippen molar-refractivity contribution in [2.24, 2.45) is 0 Å². The lowest BCUT2D eigenvalue weighted by Crippen LogP contribution is -2.14. The molecule has 2 aromatic carbocycles. The summed E-state index contributed by atoms with van der Waals surface area (Å²) >= 11 is 1.78. The van der Waals surface area contributed by atoms with Crippen LogP contribution in [0.2, 0.25) is 0 Å². The zero-order valence-electron chi connectivity index (χ0n) is 20.2. The highest BCUT2D eigenvalue weighted by atomic mass is 32.2. The van der Waals surface area contributed by atoms with Gasteiger partial charge < -0.3 is 18.6 Å². The van der Waals surface area contributed by atoms with E-state index in [1.807, 2.05) is 45.0 Å². The summed E-state index contributed by atoms with van der Waals surface area (Å²) in [4.78, 5) is 13.7. The van der Waals surface area contributed by atoms with E-state index in [1.54, 1.807) is 23.9 Å². The van der Waals surface area contributed by atoms with Gasteiger partial charge in [-0.2, -0.15) is 0 Å². The first-order valence-corrected chi connectivity index (χ1v) is 12.3. The van der Waals surface area contributed by atoms with Crippen LogP contribution in [0.3, 0.4) is 0 Å². The van der Waals surface area contributed by atoms with E-state index in [4.69, 9.17) is 18.6 Å². The van der Waals surface area contributed by atoms with Gasteiger partial charge in [0.1, 0.15) is 0 Å². The summed E-state index contributed by atoms with van der Waals surface area (Å²) in [6.07, 6.45) is 0.205. The van der Waals surface area contributed by atoms with Crippen molar-refractivity contribution in [3.63, 3.8) is 0 Å². The van der Waals surface area contributed by atoms with Gasteiger partial charge in [-0.1, -0.05) is 31.1 Å². The van der Waals surface area contributed by atoms with Crippen molar-refractivity contribution < 1.29 is 23.4 Å². The Morgan fingerprint density at radius 1 is 0.971 bits per heavy atom. The topological polar surface area (TPSA) is 95.7 Å². The molecule has 0 spiro atoms. The molecule has 0 aliphatic carbocycles. The number of nitrogens with zero attached hydrogens (tertiary/aromatic N) is 2. The minimum absolute atomic E-state index is 0.0248. The Bertz CT molecular complexity index is 1060. The molecule has 34 heavy (non-hydrogen) atoms. The number of ether oxygens (including phenoxy) is 3. The molecular formula is C25H31N3O5S. The third-order valence-corrected chi connectivity index (χ3v) is 5.50. The maximum atomic E-state index is 12.5. The maximum absolute atomic E-state index is 12.5. The molecule has 1 aromatic heterocycles. The Kier molecular flexibility index (Phi) is 9.21. The van der Waals surface area contributed by atoms with E-state index in [2.05, 4.69) is 29.4 Å². The number of rotatable bonds is 12. The van der Waals surface area contributed by atoms with Crippen LogP contribution >= 0.6 is 11.8 Å². The zero-order valence-corrected chi connectivity index (χ0v) is 21.0. The van der Waals surface area contributed by atoms with Gasteiger partial charge >= 0.3 is 6.01 Å². The quantitative estimate of drug-likeness (QED) is 0.331. The predicted molar refractivity (Wildman–Crippen MR) is 133 cm³/mol. The molecule has 0 fully saturated rings. The molecule has 0 aliphatic heterocycles. The number of benzene rings is 2. The first-order chi connectivity index (χ1) is 16.4. The average molecular weight is 486 g/mol. The smallest absolute Gasteiger partial charge is 0.322 e. The van der Waals surface area contributed by atoms with Crippen LogP contribution in [-0.4, -0.2) is 41.2 Å². The molecule has 3 aromatic rings. The zero-order chi connectivity index (χ0) is 24.5. The summed E-state index contributed by atoms with van der Waals surface area (Å²) in [5, 5.41) is 11.2. The first-order valence-electron chi connectivity index (χ1n) is 11.4. The van der Waals surface area contributed by atoms with Crippen LogP contribution in [0.1, 0.15) is 40.2 Å². The van der Waals surface area contributed by atoms with Gasteiger partial charge in [0.2, 0.25) is 17.5 Å². The van der Waals surface area contributed by atoms with Gasteiger partial charge in [0, 0.05) is 15.7 Å². The van der Waals surface area contributed by atoms with E-state index < -0.39 is 0 Å². The van der Waals surface area contributed by atoms with E-state index >= 15 is 0 Å². The Balaban J connectivity index is 1.73. The minimum Gasteiger partial charge on any atom is -0.490 e. The molecule has 0 atom stereocenters. The number of carbonyl (C=O) groups excluding carboxylic acids is 1. The summed E-state index contributed by atoms with van der Waals surface area (Å²) in [6.45, 7) is 11.3. The van der Waals surface area contributed by atoms with Crippen molar-refractivity contribution in [3.8, 4) is 28.7 Å². The van der Waals surface area contributed by atoms with Gasteiger partial charge in [-0.3, -0.25) is 10.1 Å². The van der Waals surface area contributed by atoms with Gasteiger partial charge in [-0.05, 0) is 50.6 Å². The van der Waals surface area contributed by atoms with Crippen LogP contribution in [-0.2, 0) is 11.2 Å². The molecule has 182 valence electrons. The van der Waals surface area contributed by atoms with Gasteiger partial charge in [0.15, 0.2) is 11.5 Å². The minimum atomic E-state index is -0.240. The molecule has 0 bridgehead atoms. The molecule has 1 amide bonds. The van der Waals surface area contributed by atoms with Crippen molar-refractivity contribution in [3.05, 3.63) is 42.0 Å². The van der Waals surface area contributed by atoms with Crippen LogP contribution in [0.25, 0.3) is 11.5 Å². The Hall–Kier alpha value is -3.20. The molecule has 8 nitrogen and oxygen atoms in total. The standard InChI is InChI=1S/C25H31N3O5S/c1-6-30-20-14-18(15-21(31-7-2)23(20)32-8-3)24-27-28-25(33-24)26-22(29)13-17-9-11-19(12-10-17)34-16(4)5/h9-12,14-16H,6-8,13H2,1-5H3,(H,26,28,29). The number of anilines is 1. The second-order valence-corrected chi connectivity index (χ2v) is 9.20. The third-order valence-electron chi connectivity index (χ3n) is 4.49. The van der Waals surface area contributed by atoms with Gasteiger partial charge in [-0.15, -0.1) is 16.9 Å². The fourth-order valence-electron chi connectivity index (χ4n) is 3.21. The molecule has 9 heteroatoms. The number of hydrogen-bond acceptors (Lipinski definition) is 8. The highest BCUT2D eigenvalue weighted by Crippen LogP contribution is 2.41. The average Bonchev–Trinajstić information content (AvgIpc) is 3.25. The van der Waals surface area contributed by atoms with Crippen molar-refractivity contribution in [2.45, 2.75) is 51.2 Å². The van der Waals surface area contributed by atoms with E-state index in [1.165, 1.54) is 4.90 Å². The summed E-state index contributed by atoms with van der Waals surface area (Å²) in [6, 6.07) is 11.5. The highest BCUT2D eigenvalue weighted by Gasteiger charge is 2.19. The lowest BCUT2D eigenvalue weighted by atomic mass is 10.1. The molecule has 0 radical (unpaired) electrons. The molecule has 3 rings (SSSR count). The van der Waals surface area contributed by atoms with Crippen molar-refractivity contribution in [1.29, 1.82) is 0 Å². The van der Waals surface area contributed by atoms with Crippen molar-refractivity contribution >= 4 is 23.7 Å². The van der Waals surface area contributed by atoms with Gasteiger partial charge in [-0.25, -0.2) is 0 Å². The summed E-state index contributed by atoms with van der Waals surface area (Å²) < 4.78 is 22.9. The monoisotopic (exact) mass is 485 g/mol. The number of amides is 1. The second kappa shape index (κ2) is 12.3. The molecular weight excluding hydrogens is 454 g/mol. The maximum Gasteiger partial charge on any atom is 0.322 e. The molecule has 1 N–H and O–H groups in total. The SMILES string of the molecule is CCOc1cc(-c2nnc(NC(=O)Cc3ccc(SC(C)C)cc3)o2)cc(OCC)c1OCC. The van der Waals surface area contributed by atoms with Crippen LogP contribution in [0.15, 0.2) is 45.7 Å². The van der Waals surface area contributed by atoms with Crippen LogP contribution in [0, 0.1) is 0 Å². The van der Waals surface area contributed by atoms with Crippen LogP contribution in [0.4, 0.5) is 6.01 Å². The number of thioether (sulfide) groups is 1. The largest absolute Gasteiger partial charge is 0.490 e. The van der Waals surface area contributed by atoms with Gasteiger partial charge in [0.05, 0.1) is 26.2 Å². The highest BCUT2D eigenvalue weighted by molar-refractivity contribution is 7.99. The second-order valence-electron chi connectivity index (χ2n) is 7.55. The number of aromatic nitrogens is 2. The predicted octanol–water partition coefficient (Wildman–Crippen LogP) is 5.61. The van der Waals surface area contributed by atoms with E-state index in [0.717, 1.165) is 5.56 Å². The summed E-state index contributed by atoms with van der Waals surface area (Å²) in [5.41, 5.74) is 1.50. The van der Waals surface area contributed by atoms with E-state index in [0.29, 0.717) is 47.9 Å². The molecule has 1 heterocycles. The fourth-order valence-corrected chi connectivity index (χ4v) is 4.05. The van der Waals surface area contributed by atoms with E-state index in [9.17, 15) is 4.79 Å². The lowest BCUT2D eigenvalue weighted by molar-refractivity contribution is -0.115. The summed E-state index contributed by atoms with van der Waals surface area (Å²) in [5.74, 6) is 1.56. The number of carbonyl (C=O) groups is 1. The van der Waals surface area contributed by atoms with Crippen LogP contribution in [0.5, 0.6) is 17.2 Å². The Morgan fingerprint density at radius 2 is 1.59 bits per heavy atom. The third kappa shape index (κ3) is 6.90. The van der Waals surface area contributed by atoms with Crippen molar-refractivity contribution in [1.82, 2.24) is 10.2 Å². The number of hydrogen-bond donors (Lipinski definition) is 1. The van der Waals surface area contributed by atoms with E-state index in [-0.39, 0.29) is 24.2 Å².